The monoisotopic (exact) mass is 370 g/mol. The Morgan fingerprint density at radius 1 is 1.11 bits per heavy atom. The van der Waals surface area contributed by atoms with Gasteiger partial charge in [0.15, 0.2) is 0 Å². The summed E-state index contributed by atoms with van der Waals surface area (Å²) in [5.74, 6) is 0.0657. The molecule has 1 saturated carbocycles. The summed E-state index contributed by atoms with van der Waals surface area (Å²) in [6.07, 6.45) is 4.56. The minimum Gasteiger partial charge on any atom is -0.339 e. The van der Waals surface area contributed by atoms with Crippen LogP contribution in [-0.2, 0) is 4.79 Å². The van der Waals surface area contributed by atoms with Gasteiger partial charge in [0.05, 0.1) is 4.92 Å². The maximum Gasteiger partial charge on any atom is 0.295 e. The van der Waals surface area contributed by atoms with E-state index in [2.05, 4.69) is 10.1 Å². The minimum atomic E-state index is -0.542. The number of benzene rings is 1. The van der Waals surface area contributed by atoms with Crippen molar-refractivity contribution in [2.24, 2.45) is 5.92 Å². The van der Waals surface area contributed by atoms with Crippen molar-refractivity contribution >= 4 is 17.5 Å². The maximum atomic E-state index is 12.8. The maximum absolute atomic E-state index is 12.8. The normalized spacial score (nSPS) is 17.0. The molecule has 27 heavy (non-hydrogen) atoms. The van der Waals surface area contributed by atoms with E-state index < -0.39 is 4.92 Å². The average molecular weight is 370 g/mol. The van der Waals surface area contributed by atoms with Crippen molar-refractivity contribution in [3.05, 3.63) is 46.5 Å². The van der Waals surface area contributed by atoms with Gasteiger partial charge in [0, 0.05) is 43.7 Å². The van der Waals surface area contributed by atoms with Gasteiger partial charge in [-0.25, -0.2) is 9.67 Å². The lowest BCUT2D eigenvalue weighted by molar-refractivity contribution is -0.384. The molecule has 0 N–H and O–H groups in total. The number of nitro benzene ring substituents is 1. The molecule has 1 aliphatic carbocycles. The number of hydrogen-bond donors (Lipinski definition) is 0. The second-order valence-electron chi connectivity index (χ2n) is 6.69. The van der Waals surface area contributed by atoms with Crippen LogP contribution in [0.15, 0.2) is 30.9 Å². The van der Waals surface area contributed by atoms with E-state index in [9.17, 15) is 19.7 Å². The number of carbonyl (C=O) groups is 2. The van der Waals surface area contributed by atoms with E-state index in [-0.39, 0.29) is 34.7 Å². The number of hydrogen-bond acceptors (Lipinski definition) is 6. The topological polar surface area (TPSA) is 114 Å². The Labute approximate surface area is 154 Å². The third-order valence-corrected chi connectivity index (χ3v) is 4.89. The van der Waals surface area contributed by atoms with E-state index in [0.29, 0.717) is 26.2 Å². The van der Waals surface area contributed by atoms with Crippen molar-refractivity contribution in [3.8, 4) is 5.69 Å². The smallest absolute Gasteiger partial charge is 0.295 e. The molecule has 2 fully saturated rings. The van der Waals surface area contributed by atoms with E-state index in [1.807, 2.05) is 0 Å². The SMILES string of the molecule is O=C(c1ccc(-n2cncn2)c([N+](=O)[O-])c1)N1CCN(C(=O)C2CC2)CC1. The Morgan fingerprint density at radius 3 is 2.41 bits per heavy atom. The summed E-state index contributed by atoms with van der Waals surface area (Å²) in [5.41, 5.74) is 0.273. The van der Waals surface area contributed by atoms with Crippen molar-refractivity contribution in [1.82, 2.24) is 24.6 Å². The van der Waals surface area contributed by atoms with Gasteiger partial charge in [0.1, 0.15) is 18.3 Å². The second-order valence-corrected chi connectivity index (χ2v) is 6.69. The standard InChI is InChI=1S/C17H18N6O4/c24-16(12-1-2-12)20-5-7-21(8-6-20)17(25)13-3-4-14(15(9-13)23(26)27)22-11-18-10-19-22/h3-4,9-12H,1-2,5-8H2. The Hall–Kier alpha value is -3.30. The lowest BCUT2D eigenvalue weighted by atomic mass is 10.1. The first-order valence-electron chi connectivity index (χ1n) is 8.76. The van der Waals surface area contributed by atoms with Gasteiger partial charge in [0.2, 0.25) is 5.91 Å². The summed E-state index contributed by atoms with van der Waals surface area (Å²) in [5, 5.41) is 15.3. The highest BCUT2D eigenvalue weighted by molar-refractivity contribution is 5.95. The highest BCUT2D eigenvalue weighted by Gasteiger charge is 2.35. The zero-order valence-corrected chi connectivity index (χ0v) is 14.5. The van der Waals surface area contributed by atoms with Crippen LogP contribution in [-0.4, -0.2) is 67.5 Å². The number of aromatic nitrogens is 3. The van der Waals surface area contributed by atoms with Gasteiger partial charge in [0.25, 0.3) is 11.6 Å². The van der Waals surface area contributed by atoms with Gasteiger partial charge >= 0.3 is 0 Å². The van der Waals surface area contributed by atoms with E-state index >= 15 is 0 Å². The minimum absolute atomic E-state index is 0.166. The molecule has 10 heteroatoms. The number of carbonyl (C=O) groups excluding carboxylic acids is 2. The van der Waals surface area contributed by atoms with Crippen molar-refractivity contribution in [3.63, 3.8) is 0 Å². The Morgan fingerprint density at radius 2 is 1.81 bits per heavy atom. The predicted molar refractivity (Wildman–Crippen MR) is 93.2 cm³/mol. The van der Waals surface area contributed by atoms with E-state index in [0.717, 1.165) is 12.8 Å². The molecule has 4 rings (SSSR count). The number of amides is 2. The van der Waals surface area contributed by atoms with Crippen LogP contribution in [0.2, 0.25) is 0 Å². The molecule has 0 unspecified atom stereocenters. The van der Waals surface area contributed by atoms with Gasteiger partial charge in [-0.15, -0.1) is 0 Å². The quantitative estimate of drug-likeness (QED) is 0.583. The predicted octanol–water partition coefficient (Wildman–Crippen LogP) is 0.870. The van der Waals surface area contributed by atoms with E-state index in [1.54, 1.807) is 15.9 Å². The molecular weight excluding hydrogens is 352 g/mol. The van der Waals surface area contributed by atoms with Crippen molar-refractivity contribution in [1.29, 1.82) is 0 Å². The molecular formula is C17H18N6O4. The van der Waals surface area contributed by atoms with Crippen LogP contribution in [0, 0.1) is 16.0 Å². The summed E-state index contributed by atoms with van der Waals surface area (Å²) >= 11 is 0. The zero-order chi connectivity index (χ0) is 19.0. The Bertz CT molecular complexity index is 885. The van der Waals surface area contributed by atoms with E-state index in [4.69, 9.17) is 0 Å². The van der Waals surface area contributed by atoms with Crippen LogP contribution < -0.4 is 0 Å². The molecule has 0 radical (unpaired) electrons. The summed E-state index contributed by atoms with van der Waals surface area (Å²) in [7, 11) is 0. The fraction of sp³-hybridized carbons (Fsp3) is 0.412. The fourth-order valence-corrected chi connectivity index (χ4v) is 3.23. The van der Waals surface area contributed by atoms with Crippen LogP contribution in [0.1, 0.15) is 23.2 Å². The number of nitrogens with zero attached hydrogens (tertiary/aromatic N) is 6. The summed E-state index contributed by atoms with van der Waals surface area (Å²) in [6.45, 7) is 1.85. The molecule has 0 atom stereocenters. The molecule has 1 aromatic heterocycles. The fourth-order valence-electron chi connectivity index (χ4n) is 3.23. The van der Waals surface area contributed by atoms with Crippen LogP contribution in [0.3, 0.4) is 0 Å². The van der Waals surface area contributed by atoms with Crippen LogP contribution >= 0.6 is 0 Å². The number of piperazine rings is 1. The highest BCUT2D eigenvalue weighted by Crippen LogP contribution is 2.31. The molecule has 10 nitrogen and oxygen atoms in total. The summed E-state index contributed by atoms with van der Waals surface area (Å²) < 4.78 is 1.29. The van der Waals surface area contributed by atoms with Gasteiger partial charge in [-0.2, -0.15) is 5.10 Å². The molecule has 2 aliphatic rings. The third-order valence-electron chi connectivity index (χ3n) is 4.89. The molecule has 2 heterocycles. The van der Waals surface area contributed by atoms with Gasteiger partial charge in [-0.1, -0.05) is 0 Å². The van der Waals surface area contributed by atoms with Crippen molar-refractivity contribution in [2.45, 2.75) is 12.8 Å². The molecule has 0 bridgehead atoms. The summed E-state index contributed by atoms with van der Waals surface area (Å²) in [4.78, 5) is 43.0. The van der Waals surface area contributed by atoms with Gasteiger partial charge in [-0.05, 0) is 25.0 Å². The van der Waals surface area contributed by atoms with Crippen molar-refractivity contribution in [2.75, 3.05) is 26.2 Å². The first-order valence-corrected chi connectivity index (χ1v) is 8.76. The van der Waals surface area contributed by atoms with Gasteiger partial charge < -0.3 is 9.80 Å². The summed E-state index contributed by atoms with van der Waals surface area (Å²) in [6, 6.07) is 4.31. The highest BCUT2D eigenvalue weighted by atomic mass is 16.6. The molecule has 1 aromatic carbocycles. The van der Waals surface area contributed by atoms with Crippen molar-refractivity contribution < 1.29 is 14.5 Å². The first kappa shape index (κ1) is 17.1. The van der Waals surface area contributed by atoms with Gasteiger partial charge in [-0.3, -0.25) is 19.7 Å². The Balaban J connectivity index is 1.50. The Kier molecular flexibility index (Phi) is 4.30. The lowest BCUT2D eigenvalue weighted by Gasteiger charge is -2.35. The molecule has 0 spiro atoms. The van der Waals surface area contributed by atoms with Crippen LogP contribution in [0.4, 0.5) is 5.69 Å². The lowest BCUT2D eigenvalue weighted by Crippen LogP contribution is -2.51. The molecule has 1 aliphatic heterocycles. The van der Waals surface area contributed by atoms with Crippen LogP contribution in [0.25, 0.3) is 5.69 Å². The van der Waals surface area contributed by atoms with Crippen LogP contribution in [0.5, 0.6) is 0 Å². The second kappa shape index (κ2) is 6.78. The number of rotatable bonds is 4. The first-order chi connectivity index (χ1) is 13.0. The third kappa shape index (κ3) is 3.37. The zero-order valence-electron chi connectivity index (χ0n) is 14.5. The van der Waals surface area contributed by atoms with E-state index in [1.165, 1.54) is 29.5 Å². The largest absolute Gasteiger partial charge is 0.339 e. The molecule has 1 saturated heterocycles. The molecule has 140 valence electrons. The molecule has 2 amide bonds. The average Bonchev–Trinajstić information content (AvgIpc) is 3.40. The molecule has 2 aromatic rings. The number of nitro groups is 1.